The first-order valence-corrected chi connectivity index (χ1v) is 9.88. The molecule has 1 N–H and O–H groups in total. The van der Waals surface area contributed by atoms with Crippen LogP contribution in [0.15, 0.2) is 29.4 Å². The molecule has 1 aliphatic rings. The van der Waals surface area contributed by atoms with Crippen molar-refractivity contribution in [2.24, 2.45) is 13.0 Å². The average molecular weight is 364 g/mol. The van der Waals surface area contributed by atoms with Gasteiger partial charge in [0, 0.05) is 32.7 Å². The van der Waals surface area contributed by atoms with Crippen LogP contribution in [-0.4, -0.2) is 36.4 Å². The van der Waals surface area contributed by atoms with Crippen LogP contribution >= 0.6 is 0 Å². The Morgan fingerprint density at radius 3 is 2.60 bits per heavy atom. The Balaban J connectivity index is 1.96. The topological polar surface area (TPSA) is 86.1 Å². The highest BCUT2D eigenvalue weighted by atomic mass is 32.2. The number of rotatable bonds is 5. The predicted octanol–water partition coefficient (Wildman–Crippen LogP) is 1.88. The van der Waals surface area contributed by atoms with Crippen molar-refractivity contribution in [3.05, 3.63) is 41.5 Å². The summed E-state index contributed by atoms with van der Waals surface area (Å²) in [6.45, 7) is 4.78. The summed E-state index contributed by atoms with van der Waals surface area (Å²) in [6.07, 6.45) is 5.04. The Kier molecular flexibility index (Phi) is 5.21. The van der Waals surface area contributed by atoms with Crippen molar-refractivity contribution >= 4 is 10.0 Å². The van der Waals surface area contributed by atoms with Gasteiger partial charge in [-0.3, -0.25) is 9.67 Å². The maximum Gasteiger partial charge on any atom is 0.244 e. The predicted molar refractivity (Wildman–Crippen MR) is 93.5 cm³/mol. The van der Waals surface area contributed by atoms with Crippen molar-refractivity contribution in [2.45, 2.75) is 37.6 Å². The van der Waals surface area contributed by atoms with Crippen LogP contribution in [0.5, 0.6) is 0 Å². The maximum absolute atomic E-state index is 13.1. The van der Waals surface area contributed by atoms with Crippen molar-refractivity contribution in [1.82, 2.24) is 19.5 Å². The molecule has 0 bridgehead atoms. The molecule has 3 heterocycles. The van der Waals surface area contributed by atoms with E-state index in [1.165, 1.54) is 0 Å². The first kappa shape index (κ1) is 18.0. The van der Waals surface area contributed by atoms with E-state index < -0.39 is 10.0 Å². The second-order valence-corrected chi connectivity index (χ2v) is 8.11. The Labute approximate surface area is 148 Å². The highest BCUT2D eigenvalue weighted by Gasteiger charge is 2.32. The van der Waals surface area contributed by atoms with Gasteiger partial charge in [0.2, 0.25) is 10.0 Å². The van der Waals surface area contributed by atoms with Gasteiger partial charge in [-0.2, -0.15) is 5.10 Å². The summed E-state index contributed by atoms with van der Waals surface area (Å²) < 4.78 is 36.1. The number of hydrogen-bond donors (Lipinski definition) is 1. The van der Waals surface area contributed by atoms with Crippen LogP contribution in [0.4, 0.5) is 0 Å². The standard InChI is InChI=1S/C17H24N4O3S/c1-12-17(13(2)21(3)19-12)25(22,23)20-16(14-6-9-24-10-7-14)15-5-4-8-18-11-15/h4-5,8,11,14,16,20H,6-7,9-10H2,1-3H3. The van der Waals surface area contributed by atoms with Gasteiger partial charge in [0.1, 0.15) is 4.90 Å². The fraction of sp³-hybridized carbons (Fsp3) is 0.529. The number of nitrogens with one attached hydrogen (secondary N) is 1. The zero-order valence-electron chi connectivity index (χ0n) is 14.8. The third kappa shape index (κ3) is 3.75. The van der Waals surface area contributed by atoms with Gasteiger partial charge in [-0.15, -0.1) is 0 Å². The maximum atomic E-state index is 13.1. The van der Waals surface area contributed by atoms with Gasteiger partial charge in [0.05, 0.1) is 17.4 Å². The molecule has 0 aromatic carbocycles. The van der Waals surface area contributed by atoms with E-state index in [1.807, 2.05) is 12.1 Å². The molecule has 2 aromatic heterocycles. The van der Waals surface area contributed by atoms with Gasteiger partial charge < -0.3 is 4.74 Å². The first-order valence-electron chi connectivity index (χ1n) is 8.40. The number of aromatic nitrogens is 3. The number of nitrogens with zero attached hydrogens (tertiary/aromatic N) is 3. The molecule has 0 saturated carbocycles. The van der Waals surface area contributed by atoms with Gasteiger partial charge in [0.25, 0.3) is 0 Å². The Morgan fingerprint density at radius 2 is 2.04 bits per heavy atom. The Morgan fingerprint density at radius 1 is 1.32 bits per heavy atom. The smallest absolute Gasteiger partial charge is 0.244 e. The number of sulfonamides is 1. The summed E-state index contributed by atoms with van der Waals surface area (Å²) in [5.41, 5.74) is 2.00. The molecule has 8 heteroatoms. The normalized spacial score (nSPS) is 17.6. The molecule has 0 spiro atoms. The molecular weight excluding hydrogens is 340 g/mol. The molecule has 1 atom stereocenters. The molecule has 1 aliphatic heterocycles. The summed E-state index contributed by atoms with van der Waals surface area (Å²) in [6, 6.07) is 3.41. The lowest BCUT2D eigenvalue weighted by Crippen LogP contribution is -2.36. The van der Waals surface area contributed by atoms with Crippen molar-refractivity contribution in [1.29, 1.82) is 0 Å². The summed E-state index contributed by atoms with van der Waals surface area (Å²) >= 11 is 0. The number of ether oxygens (including phenoxy) is 1. The van der Waals surface area contributed by atoms with Crippen molar-refractivity contribution in [2.75, 3.05) is 13.2 Å². The monoisotopic (exact) mass is 364 g/mol. The molecule has 2 aromatic rings. The lowest BCUT2D eigenvalue weighted by Gasteiger charge is -2.31. The SMILES string of the molecule is Cc1nn(C)c(C)c1S(=O)(=O)NC(c1cccnc1)C1CCOCC1. The van der Waals surface area contributed by atoms with E-state index >= 15 is 0 Å². The molecule has 1 saturated heterocycles. The number of aryl methyl sites for hydroxylation is 2. The second-order valence-electron chi connectivity index (χ2n) is 6.46. The van der Waals surface area contributed by atoms with Crippen LogP contribution in [0.2, 0.25) is 0 Å². The molecule has 1 fully saturated rings. The van der Waals surface area contributed by atoms with Gasteiger partial charge in [-0.25, -0.2) is 13.1 Å². The first-order chi connectivity index (χ1) is 11.9. The summed E-state index contributed by atoms with van der Waals surface area (Å²) in [5, 5.41) is 4.23. The average Bonchev–Trinajstić information content (AvgIpc) is 2.87. The lowest BCUT2D eigenvalue weighted by molar-refractivity contribution is 0.0564. The van der Waals surface area contributed by atoms with E-state index in [-0.39, 0.29) is 16.9 Å². The molecule has 0 radical (unpaired) electrons. The third-order valence-electron chi connectivity index (χ3n) is 4.77. The van der Waals surface area contributed by atoms with Gasteiger partial charge in [-0.1, -0.05) is 6.07 Å². The molecule has 0 aliphatic carbocycles. The third-order valence-corrected chi connectivity index (χ3v) is 6.47. The summed E-state index contributed by atoms with van der Waals surface area (Å²) in [7, 11) is -1.95. The highest BCUT2D eigenvalue weighted by molar-refractivity contribution is 7.89. The van der Waals surface area contributed by atoms with Crippen LogP contribution in [0.3, 0.4) is 0 Å². The molecule has 0 amide bonds. The minimum Gasteiger partial charge on any atom is -0.381 e. The molecular formula is C17H24N4O3S. The van der Waals surface area contributed by atoms with Crippen LogP contribution in [0, 0.1) is 19.8 Å². The number of hydrogen-bond acceptors (Lipinski definition) is 5. The minimum absolute atomic E-state index is 0.171. The van der Waals surface area contributed by atoms with E-state index in [1.54, 1.807) is 38.0 Å². The van der Waals surface area contributed by atoms with E-state index in [2.05, 4.69) is 14.8 Å². The highest BCUT2D eigenvalue weighted by Crippen LogP contribution is 2.32. The number of pyridine rings is 1. The van der Waals surface area contributed by atoms with Crippen LogP contribution in [0.1, 0.15) is 35.8 Å². The minimum atomic E-state index is -3.70. The quantitative estimate of drug-likeness (QED) is 0.875. The van der Waals surface area contributed by atoms with Crippen LogP contribution < -0.4 is 4.72 Å². The van der Waals surface area contributed by atoms with E-state index in [0.717, 1.165) is 18.4 Å². The molecule has 25 heavy (non-hydrogen) atoms. The van der Waals surface area contributed by atoms with E-state index in [0.29, 0.717) is 24.6 Å². The molecule has 7 nitrogen and oxygen atoms in total. The fourth-order valence-corrected chi connectivity index (χ4v) is 5.15. The van der Waals surface area contributed by atoms with Crippen LogP contribution in [-0.2, 0) is 21.8 Å². The molecule has 1 unspecified atom stereocenters. The van der Waals surface area contributed by atoms with Gasteiger partial charge in [-0.05, 0) is 44.2 Å². The Hall–Kier alpha value is -1.77. The van der Waals surface area contributed by atoms with Crippen molar-refractivity contribution < 1.29 is 13.2 Å². The zero-order valence-corrected chi connectivity index (χ0v) is 15.6. The van der Waals surface area contributed by atoms with E-state index in [9.17, 15) is 8.42 Å². The molecule has 3 rings (SSSR count). The lowest BCUT2D eigenvalue weighted by atomic mass is 9.88. The Bertz CT molecular complexity index is 827. The van der Waals surface area contributed by atoms with Gasteiger partial charge >= 0.3 is 0 Å². The van der Waals surface area contributed by atoms with Crippen molar-refractivity contribution in [3.63, 3.8) is 0 Å². The van der Waals surface area contributed by atoms with Gasteiger partial charge in [0.15, 0.2) is 0 Å². The fourth-order valence-electron chi connectivity index (χ4n) is 3.41. The summed E-state index contributed by atoms with van der Waals surface area (Å²) in [5.74, 6) is 0.171. The second kappa shape index (κ2) is 7.23. The summed E-state index contributed by atoms with van der Waals surface area (Å²) in [4.78, 5) is 4.42. The zero-order chi connectivity index (χ0) is 18.0. The van der Waals surface area contributed by atoms with Crippen LogP contribution in [0.25, 0.3) is 0 Å². The van der Waals surface area contributed by atoms with E-state index in [4.69, 9.17) is 4.74 Å². The largest absolute Gasteiger partial charge is 0.381 e. The molecule has 136 valence electrons. The van der Waals surface area contributed by atoms with Crippen molar-refractivity contribution in [3.8, 4) is 0 Å².